The van der Waals surface area contributed by atoms with Gasteiger partial charge in [0.25, 0.3) is 5.56 Å². The zero-order valence-electron chi connectivity index (χ0n) is 14.0. The van der Waals surface area contributed by atoms with Crippen LogP contribution in [-0.2, 0) is 0 Å². The average molecular weight is 355 g/mol. The molecule has 0 amide bonds. The molecule has 0 spiro atoms. The lowest BCUT2D eigenvalue weighted by Gasteiger charge is -2.08. The number of para-hydroxylation sites is 1. The van der Waals surface area contributed by atoms with Crippen LogP contribution in [-0.4, -0.2) is 24.9 Å². The summed E-state index contributed by atoms with van der Waals surface area (Å²) in [6.45, 7) is 0. The van der Waals surface area contributed by atoms with Crippen LogP contribution < -0.4 is 5.56 Å². The second kappa shape index (κ2) is 6.61. The van der Waals surface area contributed by atoms with Crippen molar-refractivity contribution in [3.63, 3.8) is 0 Å². The van der Waals surface area contributed by atoms with Crippen molar-refractivity contribution >= 4 is 23.1 Å². The molecule has 2 aromatic carbocycles. The van der Waals surface area contributed by atoms with E-state index in [0.717, 1.165) is 5.56 Å². The standard InChI is InChI=1S/C20H13N5O2/c21-12-14-7-5-13(6-8-14)9-10-17-22-16-4-2-1-3-15(16)20(27)25(17)18-11-19(26)24-23-18/h1-11H,(H2,23,24,26)/b10-9+. The van der Waals surface area contributed by atoms with E-state index in [-0.39, 0.29) is 17.3 Å². The van der Waals surface area contributed by atoms with Gasteiger partial charge in [-0.3, -0.25) is 4.79 Å². The van der Waals surface area contributed by atoms with Crippen LogP contribution in [0.3, 0.4) is 0 Å². The molecule has 0 aliphatic rings. The molecule has 7 nitrogen and oxygen atoms in total. The molecule has 4 aromatic rings. The highest BCUT2D eigenvalue weighted by atomic mass is 16.3. The quantitative estimate of drug-likeness (QED) is 0.587. The summed E-state index contributed by atoms with van der Waals surface area (Å²) in [5, 5.41) is 25.3. The Morgan fingerprint density at radius 1 is 1.11 bits per heavy atom. The number of nitriles is 1. The molecule has 0 aliphatic carbocycles. The summed E-state index contributed by atoms with van der Waals surface area (Å²) in [7, 11) is 0. The highest BCUT2D eigenvalue weighted by Gasteiger charge is 2.13. The fourth-order valence-electron chi connectivity index (χ4n) is 2.74. The zero-order chi connectivity index (χ0) is 18.8. The van der Waals surface area contributed by atoms with Crippen LogP contribution in [0.15, 0.2) is 59.4 Å². The maximum Gasteiger partial charge on any atom is 0.267 e. The van der Waals surface area contributed by atoms with Gasteiger partial charge < -0.3 is 5.11 Å². The van der Waals surface area contributed by atoms with Crippen molar-refractivity contribution in [1.82, 2.24) is 19.7 Å². The predicted octanol–water partition coefficient (Wildman–Crippen LogP) is 2.86. The van der Waals surface area contributed by atoms with Gasteiger partial charge in [-0.05, 0) is 35.9 Å². The second-order valence-electron chi connectivity index (χ2n) is 5.81. The maximum absolute atomic E-state index is 13.0. The largest absolute Gasteiger partial charge is 0.494 e. The smallest absolute Gasteiger partial charge is 0.267 e. The molecule has 2 N–H and O–H groups in total. The van der Waals surface area contributed by atoms with Gasteiger partial charge in [-0.15, -0.1) is 0 Å². The summed E-state index contributed by atoms with van der Waals surface area (Å²) in [6.07, 6.45) is 3.49. The molecule has 0 fully saturated rings. The van der Waals surface area contributed by atoms with Gasteiger partial charge >= 0.3 is 0 Å². The first kappa shape index (κ1) is 16.3. The molecule has 0 radical (unpaired) electrons. The van der Waals surface area contributed by atoms with Gasteiger partial charge in [-0.25, -0.2) is 14.6 Å². The van der Waals surface area contributed by atoms with Gasteiger partial charge in [0.2, 0.25) is 5.88 Å². The van der Waals surface area contributed by atoms with Crippen LogP contribution in [0.5, 0.6) is 5.88 Å². The normalized spacial score (nSPS) is 11.1. The van der Waals surface area contributed by atoms with Gasteiger partial charge in [0.15, 0.2) is 5.82 Å². The third-order valence-corrected chi connectivity index (χ3v) is 4.05. The van der Waals surface area contributed by atoms with Crippen LogP contribution in [0.25, 0.3) is 28.9 Å². The number of H-pyrrole nitrogens is 1. The van der Waals surface area contributed by atoms with E-state index in [4.69, 9.17) is 5.26 Å². The first-order valence-corrected chi connectivity index (χ1v) is 8.10. The lowest BCUT2D eigenvalue weighted by Crippen LogP contribution is -2.22. The van der Waals surface area contributed by atoms with Gasteiger partial charge in [-0.2, -0.15) is 10.4 Å². The number of hydrogen-bond donors (Lipinski definition) is 2. The van der Waals surface area contributed by atoms with Crippen molar-refractivity contribution in [2.45, 2.75) is 0 Å². The van der Waals surface area contributed by atoms with Crippen molar-refractivity contribution in [1.29, 1.82) is 5.26 Å². The molecule has 0 atom stereocenters. The van der Waals surface area contributed by atoms with E-state index < -0.39 is 0 Å². The third-order valence-electron chi connectivity index (χ3n) is 4.05. The second-order valence-corrected chi connectivity index (χ2v) is 5.81. The van der Waals surface area contributed by atoms with Crippen molar-refractivity contribution in [2.24, 2.45) is 0 Å². The molecular weight excluding hydrogens is 342 g/mol. The molecule has 0 aliphatic heterocycles. The molecule has 2 aromatic heterocycles. The molecular formula is C20H13N5O2. The first-order valence-electron chi connectivity index (χ1n) is 8.10. The van der Waals surface area contributed by atoms with Crippen LogP contribution in [0.1, 0.15) is 17.0 Å². The average Bonchev–Trinajstić information content (AvgIpc) is 3.12. The topological polar surface area (TPSA) is 108 Å². The molecule has 0 saturated carbocycles. The Bertz CT molecular complexity index is 1260. The maximum atomic E-state index is 13.0. The first-order chi connectivity index (χ1) is 13.2. The number of aromatic hydroxyl groups is 1. The Labute approximate surface area is 153 Å². The van der Waals surface area contributed by atoms with Crippen molar-refractivity contribution in [3.8, 4) is 17.8 Å². The summed E-state index contributed by atoms with van der Waals surface area (Å²) in [5.41, 5.74) is 1.71. The summed E-state index contributed by atoms with van der Waals surface area (Å²) < 4.78 is 1.33. The third kappa shape index (κ3) is 3.07. The molecule has 0 saturated heterocycles. The van der Waals surface area contributed by atoms with E-state index in [2.05, 4.69) is 21.3 Å². The van der Waals surface area contributed by atoms with E-state index in [1.807, 2.05) is 6.07 Å². The van der Waals surface area contributed by atoms with E-state index in [1.165, 1.54) is 10.6 Å². The number of aromatic nitrogens is 4. The number of rotatable bonds is 3. The minimum Gasteiger partial charge on any atom is -0.494 e. The predicted molar refractivity (Wildman–Crippen MR) is 101 cm³/mol. The fourth-order valence-corrected chi connectivity index (χ4v) is 2.74. The Balaban J connectivity index is 1.88. The molecule has 4 rings (SSSR count). The number of aromatic amines is 1. The number of nitrogens with zero attached hydrogens (tertiary/aromatic N) is 4. The number of nitrogens with one attached hydrogen (secondary N) is 1. The number of hydrogen-bond acceptors (Lipinski definition) is 5. The lowest BCUT2D eigenvalue weighted by molar-refractivity contribution is 0.452. The summed E-state index contributed by atoms with van der Waals surface area (Å²) in [6, 6.07) is 17.5. The zero-order valence-corrected chi connectivity index (χ0v) is 14.0. The van der Waals surface area contributed by atoms with Crippen LogP contribution >= 0.6 is 0 Å². The number of fused-ring (bicyclic) bond motifs is 1. The molecule has 7 heteroatoms. The Morgan fingerprint density at radius 3 is 2.59 bits per heavy atom. The van der Waals surface area contributed by atoms with E-state index in [9.17, 15) is 9.90 Å². The Kier molecular flexibility index (Phi) is 3.99. The summed E-state index contributed by atoms with van der Waals surface area (Å²) in [5.74, 6) is 0.469. The van der Waals surface area contributed by atoms with Crippen LogP contribution in [0, 0.1) is 11.3 Å². The Morgan fingerprint density at radius 2 is 1.89 bits per heavy atom. The monoisotopic (exact) mass is 355 g/mol. The van der Waals surface area contributed by atoms with E-state index in [1.54, 1.807) is 54.6 Å². The highest BCUT2D eigenvalue weighted by Crippen LogP contribution is 2.16. The van der Waals surface area contributed by atoms with Crippen molar-refractivity contribution in [2.75, 3.05) is 0 Å². The number of benzene rings is 2. The van der Waals surface area contributed by atoms with E-state index in [0.29, 0.717) is 22.3 Å². The van der Waals surface area contributed by atoms with Gasteiger partial charge in [0, 0.05) is 6.07 Å². The van der Waals surface area contributed by atoms with E-state index >= 15 is 0 Å². The molecule has 2 heterocycles. The molecule has 130 valence electrons. The van der Waals surface area contributed by atoms with Gasteiger partial charge in [0.1, 0.15) is 5.82 Å². The lowest BCUT2D eigenvalue weighted by atomic mass is 10.1. The molecule has 0 bridgehead atoms. The van der Waals surface area contributed by atoms with Crippen molar-refractivity contribution < 1.29 is 5.11 Å². The minimum absolute atomic E-state index is 0.146. The van der Waals surface area contributed by atoms with Crippen LogP contribution in [0.4, 0.5) is 0 Å². The van der Waals surface area contributed by atoms with Crippen molar-refractivity contribution in [3.05, 3.63) is 81.9 Å². The van der Waals surface area contributed by atoms with Gasteiger partial charge in [-0.1, -0.05) is 30.3 Å². The fraction of sp³-hybridized carbons (Fsp3) is 0. The highest BCUT2D eigenvalue weighted by molar-refractivity contribution is 5.80. The Hall–Kier alpha value is -4.18. The minimum atomic E-state index is -0.286. The molecule has 27 heavy (non-hydrogen) atoms. The summed E-state index contributed by atoms with van der Waals surface area (Å²) in [4.78, 5) is 17.5. The van der Waals surface area contributed by atoms with Crippen LogP contribution in [0.2, 0.25) is 0 Å². The SMILES string of the molecule is N#Cc1ccc(/C=C/c2nc3ccccc3c(=O)n2-c2cc(O)[nH]n2)cc1. The summed E-state index contributed by atoms with van der Waals surface area (Å²) >= 11 is 0. The molecule has 0 unspecified atom stereocenters. The van der Waals surface area contributed by atoms with Gasteiger partial charge in [0.05, 0.1) is 22.5 Å².